The van der Waals surface area contributed by atoms with Gasteiger partial charge in [0.05, 0.1) is 6.61 Å². The molecule has 72 heavy (non-hydrogen) atoms. The van der Waals surface area contributed by atoms with Crippen LogP contribution < -0.4 is 0 Å². The molecule has 0 rings (SSSR count). The first-order valence-corrected chi connectivity index (χ1v) is 29.4. The Morgan fingerprint density at radius 3 is 0.917 bits per heavy atom. The second-order valence-corrected chi connectivity index (χ2v) is 19.0. The molecule has 0 bridgehead atoms. The van der Waals surface area contributed by atoms with Crippen LogP contribution >= 0.6 is 0 Å². The zero-order valence-corrected chi connectivity index (χ0v) is 46.4. The van der Waals surface area contributed by atoms with Crippen molar-refractivity contribution in [3.8, 4) is 0 Å². The fourth-order valence-corrected chi connectivity index (χ4v) is 7.73. The molecule has 1 atom stereocenters. The van der Waals surface area contributed by atoms with Gasteiger partial charge < -0.3 is 14.6 Å². The van der Waals surface area contributed by atoms with Gasteiger partial charge in [0.15, 0.2) is 6.10 Å². The number of hydrogen-bond donors (Lipinski definition) is 1. The van der Waals surface area contributed by atoms with Crippen LogP contribution in [0.15, 0.2) is 146 Å². The van der Waals surface area contributed by atoms with Crippen LogP contribution in [0.25, 0.3) is 0 Å². The quantitative estimate of drug-likeness (QED) is 0.0373. The number of ether oxygens (including phenoxy) is 2. The summed E-state index contributed by atoms with van der Waals surface area (Å²) in [6.45, 7) is 4.01. The van der Waals surface area contributed by atoms with Crippen LogP contribution in [0.1, 0.15) is 245 Å². The molecule has 0 aromatic rings. The lowest BCUT2D eigenvalue weighted by molar-refractivity contribution is -0.161. The minimum absolute atomic E-state index is 0.0796. The SMILES string of the molecule is CC/C=C\C/C=C\C/C=C\C/C=C\C/C=C\C/C=C\C/C=C\C/C=C\C/C=C\C/C=C\C/C=C\CCCCCCCCCC(=O)OC(CO)COC(=O)CCCCCCCCC/C=C\CCCCCCCC. The molecule has 0 aliphatic heterocycles. The van der Waals surface area contributed by atoms with Crippen molar-refractivity contribution in [3.63, 3.8) is 0 Å². The third-order valence-corrected chi connectivity index (χ3v) is 12.1. The van der Waals surface area contributed by atoms with Gasteiger partial charge in [0.1, 0.15) is 6.61 Å². The summed E-state index contributed by atoms with van der Waals surface area (Å²) in [7, 11) is 0. The van der Waals surface area contributed by atoms with Crippen LogP contribution in [-0.2, 0) is 19.1 Å². The van der Waals surface area contributed by atoms with Gasteiger partial charge in [-0.2, -0.15) is 0 Å². The van der Waals surface area contributed by atoms with Gasteiger partial charge in [0.2, 0.25) is 0 Å². The number of carbonyl (C=O) groups excluding carboxylic acids is 2. The lowest BCUT2D eigenvalue weighted by Crippen LogP contribution is -2.28. The monoisotopic (exact) mass is 993 g/mol. The maximum Gasteiger partial charge on any atom is 0.306 e. The van der Waals surface area contributed by atoms with Crippen molar-refractivity contribution in [1.82, 2.24) is 0 Å². The number of rotatable bonds is 52. The highest BCUT2D eigenvalue weighted by atomic mass is 16.6. The van der Waals surface area contributed by atoms with Crippen molar-refractivity contribution in [3.05, 3.63) is 146 Å². The van der Waals surface area contributed by atoms with E-state index in [-0.39, 0.29) is 25.2 Å². The molecule has 0 spiro atoms. The molecule has 1 N–H and O–H groups in total. The Kier molecular flexibility index (Phi) is 57.5. The van der Waals surface area contributed by atoms with Gasteiger partial charge in [0, 0.05) is 12.8 Å². The number of carbonyl (C=O) groups is 2. The molecule has 0 aliphatic carbocycles. The second-order valence-electron chi connectivity index (χ2n) is 19.0. The van der Waals surface area contributed by atoms with E-state index in [0.717, 1.165) is 116 Å². The van der Waals surface area contributed by atoms with Crippen molar-refractivity contribution in [2.75, 3.05) is 13.2 Å². The molecule has 0 saturated heterocycles. The second kappa shape index (κ2) is 61.1. The Bertz CT molecular complexity index is 1540. The lowest BCUT2D eigenvalue weighted by Gasteiger charge is -2.15. The van der Waals surface area contributed by atoms with Crippen molar-refractivity contribution in [2.24, 2.45) is 0 Å². The van der Waals surface area contributed by atoms with Gasteiger partial charge in [-0.15, -0.1) is 0 Å². The Morgan fingerprint density at radius 1 is 0.333 bits per heavy atom. The van der Waals surface area contributed by atoms with Gasteiger partial charge >= 0.3 is 11.9 Å². The van der Waals surface area contributed by atoms with E-state index in [2.05, 4.69) is 160 Å². The van der Waals surface area contributed by atoms with Gasteiger partial charge in [-0.1, -0.05) is 256 Å². The van der Waals surface area contributed by atoms with E-state index in [0.29, 0.717) is 12.8 Å². The molecule has 0 fully saturated rings. The molecule has 0 heterocycles. The first-order chi connectivity index (χ1) is 35.6. The molecule has 0 saturated carbocycles. The average Bonchev–Trinajstić information content (AvgIpc) is 3.38. The molecule has 0 aliphatic rings. The van der Waals surface area contributed by atoms with Gasteiger partial charge in [-0.25, -0.2) is 0 Å². The topological polar surface area (TPSA) is 72.8 Å². The third-order valence-electron chi connectivity index (χ3n) is 12.1. The molecule has 1 unspecified atom stereocenters. The normalized spacial score (nSPS) is 13.3. The van der Waals surface area contributed by atoms with Gasteiger partial charge in [0.25, 0.3) is 0 Å². The highest BCUT2D eigenvalue weighted by Gasteiger charge is 2.16. The minimum atomic E-state index is -0.789. The largest absolute Gasteiger partial charge is 0.462 e. The van der Waals surface area contributed by atoms with Crippen LogP contribution in [0, 0.1) is 0 Å². The standard InChI is InChI=1S/C67H108O5/c1-3-5-7-9-11-13-15-17-19-21-22-23-24-25-26-27-28-29-30-31-32-33-34-35-36-37-38-39-40-41-42-43-44-46-48-50-52-54-56-58-60-62-67(70)72-65(63-68)64-71-66(69)61-59-57-55-53-51-49-47-45-20-18-16-14-12-10-8-6-4-2/h5,7,11,13,17-20,22-23,25-26,28-29,31-32,34-35,37-38,40-41,43-44,65,68H,3-4,6,8-10,12,14-16,21,24,27,30,33,36,39,42,45-64H2,1-2H3/b7-5-,13-11-,19-17-,20-18-,23-22-,26-25-,29-28-,32-31-,35-34-,38-37-,41-40-,44-43-. The number of hydrogen-bond acceptors (Lipinski definition) is 5. The number of aliphatic hydroxyl groups excluding tert-OH is 1. The highest BCUT2D eigenvalue weighted by molar-refractivity contribution is 5.70. The summed E-state index contributed by atoms with van der Waals surface area (Å²) in [4.78, 5) is 24.5. The molecule has 0 amide bonds. The number of allylic oxidation sites excluding steroid dienone is 24. The molecule has 5 nitrogen and oxygen atoms in total. The average molecular weight is 994 g/mol. The van der Waals surface area contributed by atoms with Gasteiger partial charge in [-0.3, -0.25) is 9.59 Å². The first-order valence-electron chi connectivity index (χ1n) is 29.4. The first kappa shape index (κ1) is 67.8. The fourth-order valence-electron chi connectivity index (χ4n) is 7.73. The lowest BCUT2D eigenvalue weighted by atomic mass is 10.1. The third kappa shape index (κ3) is 58.4. The van der Waals surface area contributed by atoms with Crippen LogP contribution in [0.4, 0.5) is 0 Å². The molecular formula is C67H108O5. The van der Waals surface area contributed by atoms with Crippen molar-refractivity contribution >= 4 is 11.9 Å². The van der Waals surface area contributed by atoms with Crippen LogP contribution in [-0.4, -0.2) is 36.4 Å². The van der Waals surface area contributed by atoms with Crippen molar-refractivity contribution in [2.45, 2.75) is 251 Å². The summed E-state index contributed by atoms with van der Waals surface area (Å²) in [5.74, 6) is -0.614. The Labute approximate surface area is 444 Å². The molecule has 406 valence electrons. The predicted octanol–water partition coefficient (Wildman–Crippen LogP) is 20.2. The maximum atomic E-state index is 12.3. The number of unbranched alkanes of at least 4 members (excludes halogenated alkanes) is 20. The van der Waals surface area contributed by atoms with E-state index < -0.39 is 6.10 Å². The molecule has 0 aromatic carbocycles. The zero-order chi connectivity index (χ0) is 52.0. The summed E-state index contributed by atoms with van der Waals surface area (Å²) in [5, 5.41) is 9.64. The number of aliphatic hydroxyl groups is 1. The van der Waals surface area contributed by atoms with Crippen molar-refractivity contribution < 1.29 is 24.2 Å². The Balaban J connectivity index is 3.63. The van der Waals surface area contributed by atoms with E-state index >= 15 is 0 Å². The maximum absolute atomic E-state index is 12.3. The fraction of sp³-hybridized carbons (Fsp3) is 0.612. The highest BCUT2D eigenvalue weighted by Crippen LogP contribution is 2.14. The molecule has 5 heteroatoms. The van der Waals surface area contributed by atoms with Crippen LogP contribution in [0.2, 0.25) is 0 Å². The van der Waals surface area contributed by atoms with Crippen molar-refractivity contribution in [1.29, 1.82) is 0 Å². The predicted molar refractivity (Wildman–Crippen MR) is 315 cm³/mol. The van der Waals surface area contributed by atoms with Gasteiger partial charge in [-0.05, 0) is 122 Å². The van der Waals surface area contributed by atoms with E-state index in [4.69, 9.17) is 9.47 Å². The summed E-state index contributed by atoms with van der Waals surface area (Å²) in [5.41, 5.74) is 0. The molecular weight excluding hydrogens is 885 g/mol. The molecule has 0 radical (unpaired) electrons. The van der Waals surface area contributed by atoms with E-state index in [1.54, 1.807) is 0 Å². The van der Waals surface area contributed by atoms with E-state index in [9.17, 15) is 14.7 Å². The van der Waals surface area contributed by atoms with E-state index in [1.807, 2.05) is 0 Å². The summed E-state index contributed by atoms with van der Waals surface area (Å²) in [6.07, 6.45) is 92.5. The number of esters is 2. The summed E-state index contributed by atoms with van der Waals surface area (Å²) in [6, 6.07) is 0. The van der Waals surface area contributed by atoms with Crippen LogP contribution in [0.3, 0.4) is 0 Å². The molecule has 0 aromatic heterocycles. The minimum Gasteiger partial charge on any atom is -0.462 e. The Morgan fingerprint density at radius 2 is 0.597 bits per heavy atom. The summed E-state index contributed by atoms with van der Waals surface area (Å²) < 4.78 is 10.7. The zero-order valence-electron chi connectivity index (χ0n) is 46.4. The summed E-state index contributed by atoms with van der Waals surface area (Å²) >= 11 is 0. The van der Waals surface area contributed by atoms with E-state index in [1.165, 1.54) is 103 Å². The van der Waals surface area contributed by atoms with Crippen LogP contribution in [0.5, 0.6) is 0 Å². The Hall–Kier alpha value is -4.22. The smallest absolute Gasteiger partial charge is 0.306 e.